The van der Waals surface area contributed by atoms with Gasteiger partial charge in [-0.3, -0.25) is 13.8 Å². The maximum atomic E-state index is 12.8. The molecule has 0 bridgehead atoms. The third-order valence-corrected chi connectivity index (χ3v) is 7.47. The van der Waals surface area contributed by atoms with Crippen LogP contribution in [-0.4, -0.2) is 35.0 Å². The second kappa shape index (κ2) is 9.63. The molecule has 0 spiro atoms. The Balaban J connectivity index is 1.74. The Morgan fingerprint density at radius 1 is 0.818 bits per heavy atom. The van der Waals surface area contributed by atoms with Gasteiger partial charge in [-0.2, -0.15) is 0 Å². The Bertz CT molecular complexity index is 1320. The van der Waals surface area contributed by atoms with Crippen molar-refractivity contribution in [3.8, 4) is 0 Å². The van der Waals surface area contributed by atoms with Crippen LogP contribution in [0.5, 0.6) is 0 Å². The van der Waals surface area contributed by atoms with Gasteiger partial charge in [0.2, 0.25) is 15.9 Å². The van der Waals surface area contributed by atoms with Crippen molar-refractivity contribution in [2.45, 2.75) is 24.8 Å². The number of hydrogen-bond acceptors (Lipinski definition) is 5. The van der Waals surface area contributed by atoms with Gasteiger partial charge in [0.1, 0.15) is 6.04 Å². The van der Waals surface area contributed by atoms with Crippen LogP contribution in [0.2, 0.25) is 0 Å². The summed E-state index contributed by atoms with van der Waals surface area (Å²) < 4.78 is 53.4. The van der Waals surface area contributed by atoms with Crippen LogP contribution in [-0.2, 0) is 24.8 Å². The molecule has 0 heterocycles. The van der Waals surface area contributed by atoms with Crippen molar-refractivity contribution < 1.29 is 21.6 Å². The summed E-state index contributed by atoms with van der Waals surface area (Å²) in [6.45, 7) is 3.38. The minimum atomic E-state index is -3.81. The van der Waals surface area contributed by atoms with Crippen LogP contribution in [0.15, 0.2) is 83.8 Å². The molecule has 0 unspecified atom stereocenters. The molecule has 0 aliphatic heterocycles. The van der Waals surface area contributed by atoms with Crippen molar-refractivity contribution in [2.24, 2.45) is 0 Å². The highest BCUT2D eigenvalue weighted by Crippen LogP contribution is 2.22. The maximum Gasteiger partial charge on any atom is 0.261 e. The number of nitrogens with one attached hydrogen (secondary N) is 2. The quantitative estimate of drug-likeness (QED) is 0.504. The first-order chi connectivity index (χ1) is 15.5. The zero-order chi connectivity index (χ0) is 24.2. The molecule has 174 valence electrons. The summed E-state index contributed by atoms with van der Waals surface area (Å²) in [6, 6.07) is 19.8. The number of anilines is 3. The number of aryl methyl sites for hydroxylation is 1. The van der Waals surface area contributed by atoms with E-state index in [1.165, 1.54) is 31.2 Å². The van der Waals surface area contributed by atoms with Crippen LogP contribution in [0.25, 0.3) is 0 Å². The molecule has 0 radical (unpaired) electrons. The van der Waals surface area contributed by atoms with E-state index >= 15 is 0 Å². The van der Waals surface area contributed by atoms with Gasteiger partial charge in [-0.15, -0.1) is 0 Å². The van der Waals surface area contributed by atoms with Crippen molar-refractivity contribution >= 4 is 43.0 Å². The molecule has 3 aromatic rings. The lowest BCUT2D eigenvalue weighted by molar-refractivity contribution is -0.116. The minimum absolute atomic E-state index is 0.0242. The predicted molar refractivity (Wildman–Crippen MR) is 130 cm³/mol. The molecule has 3 rings (SSSR count). The summed E-state index contributed by atoms with van der Waals surface area (Å²) in [5.74, 6) is -0.558. The summed E-state index contributed by atoms with van der Waals surface area (Å²) in [6.07, 6.45) is 1.03. The first-order valence-corrected chi connectivity index (χ1v) is 13.4. The third kappa shape index (κ3) is 6.11. The molecule has 0 saturated heterocycles. The zero-order valence-electron chi connectivity index (χ0n) is 18.4. The monoisotopic (exact) mass is 487 g/mol. The number of para-hydroxylation sites is 1. The van der Waals surface area contributed by atoms with Crippen LogP contribution in [0, 0.1) is 6.92 Å². The van der Waals surface area contributed by atoms with Crippen molar-refractivity contribution in [1.29, 1.82) is 0 Å². The topological polar surface area (TPSA) is 113 Å². The fourth-order valence-electron chi connectivity index (χ4n) is 3.18. The van der Waals surface area contributed by atoms with E-state index in [0.29, 0.717) is 17.1 Å². The molecular formula is C23H25N3O5S2. The Hall–Kier alpha value is -3.37. The molecule has 1 amide bonds. The molecule has 1 atom stereocenters. The van der Waals surface area contributed by atoms with Gasteiger partial charge in [-0.05, 0) is 62.4 Å². The first kappa shape index (κ1) is 24.3. The molecule has 2 N–H and O–H groups in total. The largest absolute Gasteiger partial charge is 0.324 e. The number of nitrogens with zero attached hydrogens (tertiary/aromatic N) is 1. The Labute approximate surface area is 194 Å². The molecular weight excluding hydrogens is 462 g/mol. The van der Waals surface area contributed by atoms with Gasteiger partial charge in [0.05, 0.1) is 16.8 Å². The van der Waals surface area contributed by atoms with Crippen LogP contribution in [0.1, 0.15) is 12.5 Å². The third-order valence-electron chi connectivity index (χ3n) is 4.84. The molecule has 0 fully saturated rings. The highest BCUT2D eigenvalue weighted by atomic mass is 32.2. The van der Waals surface area contributed by atoms with E-state index in [-0.39, 0.29) is 4.90 Å². The van der Waals surface area contributed by atoms with E-state index in [1.807, 2.05) is 6.92 Å². The van der Waals surface area contributed by atoms with E-state index in [4.69, 9.17) is 0 Å². The Kier molecular flexibility index (Phi) is 7.09. The standard InChI is InChI=1S/C23H25N3O5S2/c1-17-9-11-20(12-10-17)25-33(30,31)22-15-13-19(14-16-22)24-23(27)18(2)26(32(3,28)29)21-7-5-4-6-8-21/h4-16,18,25H,1-3H3,(H,24,27)/t18-/m0/s1. The minimum Gasteiger partial charge on any atom is -0.324 e. The average molecular weight is 488 g/mol. The second-order valence-electron chi connectivity index (χ2n) is 7.56. The number of amides is 1. The molecule has 0 saturated carbocycles. The maximum absolute atomic E-state index is 12.8. The molecule has 10 heteroatoms. The average Bonchev–Trinajstić information content (AvgIpc) is 2.75. The number of carbonyl (C=O) groups is 1. The zero-order valence-corrected chi connectivity index (χ0v) is 20.0. The number of carbonyl (C=O) groups excluding carboxylic acids is 1. The molecule has 0 aliphatic carbocycles. The Morgan fingerprint density at radius 3 is 1.91 bits per heavy atom. The van der Waals surface area contributed by atoms with Gasteiger partial charge in [0, 0.05) is 11.4 Å². The van der Waals surface area contributed by atoms with E-state index in [0.717, 1.165) is 16.1 Å². The van der Waals surface area contributed by atoms with E-state index in [2.05, 4.69) is 10.0 Å². The summed E-state index contributed by atoms with van der Waals surface area (Å²) >= 11 is 0. The lowest BCUT2D eigenvalue weighted by Gasteiger charge is -2.28. The summed E-state index contributed by atoms with van der Waals surface area (Å²) in [5.41, 5.74) is 2.15. The van der Waals surface area contributed by atoms with Gasteiger partial charge in [0.15, 0.2) is 0 Å². The van der Waals surface area contributed by atoms with Crippen LogP contribution in [0.4, 0.5) is 17.1 Å². The van der Waals surface area contributed by atoms with Crippen molar-refractivity contribution in [3.05, 3.63) is 84.4 Å². The summed E-state index contributed by atoms with van der Waals surface area (Å²) in [7, 11) is -7.53. The first-order valence-electron chi connectivity index (χ1n) is 10.0. The summed E-state index contributed by atoms with van der Waals surface area (Å²) in [5, 5.41) is 2.64. The Morgan fingerprint density at radius 2 is 1.36 bits per heavy atom. The number of hydrogen-bond donors (Lipinski definition) is 2. The van der Waals surface area contributed by atoms with Gasteiger partial charge in [-0.1, -0.05) is 35.9 Å². The highest BCUT2D eigenvalue weighted by Gasteiger charge is 2.29. The molecule has 33 heavy (non-hydrogen) atoms. The highest BCUT2D eigenvalue weighted by molar-refractivity contribution is 7.92. The smallest absolute Gasteiger partial charge is 0.261 e. The fourth-order valence-corrected chi connectivity index (χ4v) is 5.42. The van der Waals surface area contributed by atoms with Crippen molar-refractivity contribution in [2.75, 3.05) is 20.6 Å². The number of sulfonamides is 2. The number of rotatable bonds is 8. The molecule has 0 aliphatic rings. The van der Waals surface area contributed by atoms with Crippen molar-refractivity contribution in [3.63, 3.8) is 0 Å². The number of benzene rings is 3. The SMILES string of the molecule is Cc1ccc(NS(=O)(=O)c2ccc(NC(=O)[C@H](C)N(c3ccccc3)S(C)(=O)=O)cc2)cc1. The van der Waals surface area contributed by atoms with Crippen LogP contribution >= 0.6 is 0 Å². The molecule has 8 nitrogen and oxygen atoms in total. The van der Waals surface area contributed by atoms with E-state index in [1.54, 1.807) is 54.6 Å². The summed E-state index contributed by atoms with van der Waals surface area (Å²) in [4.78, 5) is 12.8. The van der Waals surface area contributed by atoms with E-state index in [9.17, 15) is 21.6 Å². The molecule has 3 aromatic carbocycles. The van der Waals surface area contributed by atoms with Crippen LogP contribution < -0.4 is 14.3 Å². The van der Waals surface area contributed by atoms with Crippen molar-refractivity contribution in [1.82, 2.24) is 0 Å². The lowest BCUT2D eigenvalue weighted by Crippen LogP contribution is -2.45. The van der Waals surface area contributed by atoms with Gasteiger partial charge >= 0.3 is 0 Å². The van der Waals surface area contributed by atoms with Gasteiger partial charge in [-0.25, -0.2) is 16.8 Å². The second-order valence-corrected chi connectivity index (χ2v) is 11.1. The fraction of sp³-hybridized carbons (Fsp3) is 0.174. The van der Waals surface area contributed by atoms with Crippen LogP contribution in [0.3, 0.4) is 0 Å². The lowest BCUT2D eigenvalue weighted by atomic mass is 10.2. The normalized spacial score (nSPS) is 12.6. The van der Waals surface area contributed by atoms with Gasteiger partial charge < -0.3 is 5.32 Å². The van der Waals surface area contributed by atoms with Gasteiger partial charge in [0.25, 0.3) is 10.0 Å². The van der Waals surface area contributed by atoms with E-state index < -0.39 is 32.0 Å². The molecule has 0 aromatic heterocycles. The predicted octanol–water partition coefficient (Wildman–Crippen LogP) is 3.59.